The van der Waals surface area contributed by atoms with Crippen molar-refractivity contribution in [1.82, 2.24) is 9.97 Å². The van der Waals surface area contributed by atoms with Crippen LogP contribution in [0, 0.1) is 6.92 Å². The van der Waals surface area contributed by atoms with Gasteiger partial charge in [0.05, 0.1) is 0 Å². The summed E-state index contributed by atoms with van der Waals surface area (Å²) in [6.07, 6.45) is 2.90. The van der Waals surface area contributed by atoms with Crippen LogP contribution in [0.4, 0.5) is 0 Å². The summed E-state index contributed by atoms with van der Waals surface area (Å²) in [6.45, 7) is 2.67. The number of fused-ring (bicyclic) bond motifs is 1. The Balaban J connectivity index is 2.55. The molecule has 0 aliphatic heterocycles. The molecule has 0 saturated heterocycles. The number of pyridine rings is 1. The summed E-state index contributed by atoms with van der Waals surface area (Å²) in [5, 5.41) is 1.19. The molecule has 0 bridgehead atoms. The fourth-order valence-electron chi connectivity index (χ4n) is 1.52. The largest absolute Gasteiger partial charge is 0.346 e. The van der Waals surface area contributed by atoms with Crippen molar-refractivity contribution < 1.29 is 0 Å². The third-order valence-corrected chi connectivity index (χ3v) is 2.18. The zero-order chi connectivity index (χ0) is 9.26. The lowest BCUT2D eigenvalue weighted by Gasteiger charge is -1.95. The molecule has 13 heavy (non-hydrogen) atoms. The number of aryl methyl sites for hydroxylation is 1. The molecule has 0 radical (unpaired) electrons. The maximum atomic E-state index is 5.51. The van der Waals surface area contributed by atoms with Crippen LogP contribution in [-0.2, 0) is 6.42 Å². The molecule has 68 valence electrons. The second-order valence-electron chi connectivity index (χ2n) is 3.20. The number of nitrogens with zero attached hydrogens (tertiary/aromatic N) is 1. The maximum absolute atomic E-state index is 5.51. The van der Waals surface area contributed by atoms with E-state index in [1.807, 2.05) is 19.2 Å². The van der Waals surface area contributed by atoms with E-state index in [1.165, 1.54) is 10.9 Å². The predicted molar refractivity (Wildman–Crippen MR) is 53.6 cm³/mol. The normalized spacial score (nSPS) is 10.9. The van der Waals surface area contributed by atoms with Crippen LogP contribution in [0.3, 0.4) is 0 Å². The van der Waals surface area contributed by atoms with Crippen LogP contribution >= 0.6 is 0 Å². The van der Waals surface area contributed by atoms with E-state index in [1.54, 1.807) is 0 Å². The lowest BCUT2D eigenvalue weighted by molar-refractivity contribution is 0.976. The van der Waals surface area contributed by atoms with Gasteiger partial charge in [0.15, 0.2) is 0 Å². The summed E-state index contributed by atoms with van der Waals surface area (Å²) in [6, 6.07) is 4.12. The molecule has 2 heterocycles. The Morgan fingerprint density at radius 3 is 3.08 bits per heavy atom. The molecule has 0 saturated carbocycles. The number of H-pyrrole nitrogens is 1. The number of hydrogen-bond donors (Lipinski definition) is 2. The van der Waals surface area contributed by atoms with Gasteiger partial charge in [0.2, 0.25) is 0 Å². The van der Waals surface area contributed by atoms with Gasteiger partial charge >= 0.3 is 0 Å². The van der Waals surface area contributed by atoms with Crippen LogP contribution in [-0.4, -0.2) is 16.5 Å². The highest BCUT2D eigenvalue weighted by molar-refractivity contribution is 5.79. The Bertz CT molecular complexity index is 417. The maximum Gasteiger partial charge on any atom is 0.137 e. The molecule has 0 aliphatic rings. The highest BCUT2D eigenvalue weighted by atomic mass is 14.8. The highest BCUT2D eigenvalue weighted by Crippen LogP contribution is 2.16. The molecule has 0 amide bonds. The van der Waals surface area contributed by atoms with Crippen LogP contribution in [0.2, 0.25) is 0 Å². The van der Waals surface area contributed by atoms with Gasteiger partial charge in [-0.1, -0.05) is 0 Å². The number of rotatable bonds is 2. The van der Waals surface area contributed by atoms with Crippen LogP contribution < -0.4 is 5.73 Å². The topological polar surface area (TPSA) is 54.7 Å². The van der Waals surface area contributed by atoms with Crippen LogP contribution in [0.5, 0.6) is 0 Å². The molecule has 3 N–H and O–H groups in total. The molecule has 0 spiro atoms. The molecule has 3 heteroatoms. The number of nitrogens with two attached hydrogens (primary N) is 1. The number of hydrogen-bond acceptors (Lipinski definition) is 2. The van der Waals surface area contributed by atoms with E-state index in [-0.39, 0.29) is 0 Å². The fourth-order valence-corrected chi connectivity index (χ4v) is 1.52. The van der Waals surface area contributed by atoms with Crippen molar-refractivity contribution in [3.05, 3.63) is 29.6 Å². The number of aromatic nitrogens is 2. The predicted octanol–water partition coefficient (Wildman–Crippen LogP) is 1.37. The molecular weight excluding hydrogens is 162 g/mol. The van der Waals surface area contributed by atoms with Gasteiger partial charge in [-0.2, -0.15) is 0 Å². The SMILES string of the molecule is Cc1ccc2c(CCN)c[nH]c2n1. The Kier molecular flexibility index (Phi) is 2.02. The number of aromatic amines is 1. The van der Waals surface area contributed by atoms with Crippen LogP contribution in [0.15, 0.2) is 18.3 Å². The highest BCUT2D eigenvalue weighted by Gasteiger charge is 2.02. The van der Waals surface area contributed by atoms with E-state index in [0.29, 0.717) is 6.54 Å². The lowest BCUT2D eigenvalue weighted by atomic mass is 10.1. The molecule has 3 nitrogen and oxygen atoms in total. The summed E-state index contributed by atoms with van der Waals surface area (Å²) >= 11 is 0. The lowest BCUT2D eigenvalue weighted by Crippen LogP contribution is -2.01. The Morgan fingerprint density at radius 2 is 2.31 bits per heavy atom. The standard InChI is InChI=1S/C10H13N3/c1-7-2-3-9-8(4-5-11)6-12-10(9)13-7/h2-3,6H,4-5,11H2,1H3,(H,12,13). The third kappa shape index (κ3) is 1.42. The van der Waals surface area contributed by atoms with Crippen LogP contribution in [0.1, 0.15) is 11.3 Å². The quantitative estimate of drug-likeness (QED) is 0.724. The molecule has 2 rings (SSSR count). The van der Waals surface area contributed by atoms with Crippen molar-refractivity contribution in [2.45, 2.75) is 13.3 Å². The van der Waals surface area contributed by atoms with Crippen molar-refractivity contribution in [3.8, 4) is 0 Å². The summed E-state index contributed by atoms with van der Waals surface area (Å²) in [5.74, 6) is 0. The zero-order valence-electron chi connectivity index (χ0n) is 7.67. The monoisotopic (exact) mass is 175 g/mol. The van der Waals surface area contributed by atoms with Gasteiger partial charge in [0.25, 0.3) is 0 Å². The first-order valence-corrected chi connectivity index (χ1v) is 4.45. The Labute approximate surface area is 77.0 Å². The molecule has 0 aliphatic carbocycles. The second-order valence-corrected chi connectivity index (χ2v) is 3.20. The second kappa shape index (κ2) is 3.18. The average Bonchev–Trinajstić information content (AvgIpc) is 2.49. The molecular formula is C10H13N3. The molecule has 0 fully saturated rings. The minimum absolute atomic E-state index is 0.681. The molecule has 0 atom stereocenters. The fraction of sp³-hybridized carbons (Fsp3) is 0.300. The van der Waals surface area contributed by atoms with E-state index in [2.05, 4.69) is 16.0 Å². The van der Waals surface area contributed by atoms with Gasteiger partial charge in [-0.15, -0.1) is 0 Å². The third-order valence-electron chi connectivity index (χ3n) is 2.18. The molecule has 0 unspecified atom stereocenters. The molecule has 2 aromatic heterocycles. The number of nitrogens with one attached hydrogen (secondary N) is 1. The molecule has 2 aromatic rings. The van der Waals surface area contributed by atoms with Crippen molar-refractivity contribution >= 4 is 11.0 Å². The van der Waals surface area contributed by atoms with Crippen molar-refractivity contribution in [2.24, 2.45) is 5.73 Å². The van der Waals surface area contributed by atoms with E-state index in [0.717, 1.165) is 17.8 Å². The smallest absolute Gasteiger partial charge is 0.137 e. The van der Waals surface area contributed by atoms with Gasteiger partial charge < -0.3 is 10.7 Å². The first-order valence-electron chi connectivity index (χ1n) is 4.45. The van der Waals surface area contributed by atoms with Gasteiger partial charge in [-0.05, 0) is 37.6 Å². The minimum atomic E-state index is 0.681. The first kappa shape index (κ1) is 8.26. The van der Waals surface area contributed by atoms with Crippen molar-refractivity contribution in [1.29, 1.82) is 0 Å². The van der Waals surface area contributed by atoms with Crippen molar-refractivity contribution in [2.75, 3.05) is 6.54 Å². The Hall–Kier alpha value is -1.35. The summed E-state index contributed by atoms with van der Waals surface area (Å²) in [5.41, 5.74) is 8.76. The zero-order valence-corrected chi connectivity index (χ0v) is 7.67. The van der Waals surface area contributed by atoms with Crippen molar-refractivity contribution in [3.63, 3.8) is 0 Å². The van der Waals surface area contributed by atoms with E-state index < -0.39 is 0 Å². The Morgan fingerprint density at radius 1 is 1.46 bits per heavy atom. The van der Waals surface area contributed by atoms with Gasteiger partial charge in [-0.3, -0.25) is 0 Å². The first-order chi connectivity index (χ1) is 6.31. The van der Waals surface area contributed by atoms with Gasteiger partial charge in [-0.25, -0.2) is 4.98 Å². The average molecular weight is 175 g/mol. The van der Waals surface area contributed by atoms with E-state index in [4.69, 9.17) is 5.73 Å². The van der Waals surface area contributed by atoms with Crippen LogP contribution in [0.25, 0.3) is 11.0 Å². The van der Waals surface area contributed by atoms with Gasteiger partial charge in [0.1, 0.15) is 5.65 Å². The molecule has 0 aromatic carbocycles. The summed E-state index contributed by atoms with van der Waals surface area (Å²) in [4.78, 5) is 7.53. The van der Waals surface area contributed by atoms with Gasteiger partial charge in [0, 0.05) is 17.3 Å². The minimum Gasteiger partial charge on any atom is -0.346 e. The summed E-state index contributed by atoms with van der Waals surface area (Å²) in [7, 11) is 0. The summed E-state index contributed by atoms with van der Waals surface area (Å²) < 4.78 is 0. The van der Waals surface area contributed by atoms with E-state index >= 15 is 0 Å². The van der Waals surface area contributed by atoms with E-state index in [9.17, 15) is 0 Å².